The molecular weight excluding hydrogens is 272 g/mol. The Bertz CT molecular complexity index is 632. The van der Waals surface area contributed by atoms with Crippen molar-refractivity contribution in [3.63, 3.8) is 0 Å². The van der Waals surface area contributed by atoms with Gasteiger partial charge in [-0.15, -0.1) is 11.3 Å². The first kappa shape index (κ1) is 12.2. The molecule has 0 amide bonds. The first-order chi connectivity index (χ1) is 9.79. The Kier molecular flexibility index (Phi) is 2.89. The van der Waals surface area contributed by atoms with E-state index < -0.39 is 0 Å². The lowest BCUT2D eigenvalue weighted by Crippen LogP contribution is -2.13. The first-order valence-corrected chi connectivity index (χ1v) is 7.74. The van der Waals surface area contributed by atoms with Crippen LogP contribution in [0.5, 0.6) is 11.5 Å². The number of aryl methyl sites for hydroxylation is 2. The zero-order valence-corrected chi connectivity index (χ0v) is 11.9. The van der Waals surface area contributed by atoms with Crippen molar-refractivity contribution in [1.82, 2.24) is 4.98 Å². The van der Waals surface area contributed by atoms with Gasteiger partial charge < -0.3 is 15.2 Å². The van der Waals surface area contributed by atoms with Gasteiger partial charge in [0.1, 0.15) is 0 Å². The maximum Gasteiger partial charge on any atom is 0.231 e. The zero-order chi connectivity index (χ0) is 13.5. The van der Waals surface area contributed by atoms with Crippen LogP contribution in [-0.4, -0.2) is 11.8 Å². The van der Waals surface area contributed by atoms with Gasteiger partial charge in [0, 0.05) is 17.3 Å². The van der Waals surface area contributed by atoms with Crippen LogP contribution in [0, 0.1) is 0 Å². The predicted octanol–water partition coefficient (Wildman–Crippen LogP) is 2.60. The lowest BCUT2D eigenvalue weighted by atomic mass is 10.0. The fraction of sp³-hybridized carbons (Fsp3) is 0.400. The molecule has 104 valence electrons. The molecule has 4 rings (SSSR count). The number of hydrogen-bond donors (Lipinski definition) is 1. The number of fused-ring (bicyclic) bond motifs is 2. The quantitative estimate of drug-likeness (QED) is 0.943. The van der Waals surface area contributed by atoms with Crippen molar-refractivity contribution in [2.24, 2.45) is 5.73 Å². The SMILES string of the molecule is NC(Cc1nc2c(s1)CCC2)c1ccc2c(c1)OCO2. The Balaban J connectivity index is 1.53. The van der Waals surface area contributed by atoms with E-state index in [9.17, 15) is 0 Å². The highest BCUT2D eigenvalue weighted by atomic mass is 32.1. The second kappa shape index (κ2) is 4.75. The van der Waals surface area contributed by atoms with Crippen LogP contribution < -0.4 is 15.2 Å². The smallest absolute Gasteiger partial charge is 0.231 e. The Labute approximate surface area is 121 Å². The largest absolute Gasteiger partial charge is 0.454 e. The molecule has 1 aliphatic carbocycles. The molecule has 4 nitrogen and oxygen atoms in total. The predicted molar refractivity (Wildman–Crippen MR) is 77.3 cm³/mol. The number of benzene rings is 1. The summed E-state index contributed by atoms with van der Waals surface area (Å²) in [6.07, 6.45) is 4.36. The second-order valence-corrected chi connectivity index (χ2v) is 6.42. The van der Waals surface area contributed by atoms with Gasteiger partial charge in [-0.1, -0.05) is 6.07 Å². The summed E-state index contributed by atoms with van der Waals surface area (Å²) >= 11 is 1.82. The summed E-state index contributed by atoms with van der Waals surface area (Å²) in [5.74, 6) is 1.59. The molecule has 5 heteroatoms. The zero-order valence-electron chi connectivity index (χ0n) is 11.1. The third-order valence-electron chi connectivity index (χ3n) is 3.86. The molecule has 0 saturated carbocycles. The van der Waals surface area contributed by atoms with Crippen LogP contribution in [0.3, 0.4) is 0 Å². The van der Waals surface area contributed by atoms with Crippen molar-refractivity contribution in [3.05, 3.63) is 39.3 Å². The molecule has 2 aliphatic rings. The highest BCUT2D eigenvalue weighted by Crippen LogP contribution is 2.35. The van der Waals surface area contributed by atoms with E-state index in [1.54, 1.807) is 0 Å². The van der Waals surface area contributed by atoms with Gasteiger partial charge in [0.15, 0.2) is 11.5 Å². The molecule has 2 heterocycles. The normalized spacial score (nSPS) is 17.2. The number of nitrogens with two attached hydrogens (primary N) is 1. The third-order valence-corrected chi connectivity index (χ3v) is 5.04. The molecule has 0 bridgehead atoms. The average molecular weight is 288 g/mol. The number of hydrogen-bond acceptors (Lipinski definition) is 5. The highest BCUT2D eigenvalue weighted by Gasteiger charge is 2.20. The maximum absolute atomic E-state index is 6.31. The molecule has 1 aromatic heterocycles. The van der Waals surface area contributed by atoms with Gasteiger partial charge in [0.25, 0.3) is 0 Å². The van der Waals surface area contributed by atoms with E-state index in [4.69, 9.17) is 20.2 Å². The second-order valence-electron chi connectivity index (χ2n) is 5.25. The van der Waals surface area contributed by atoms with Gasteiger partial charge in [-0.2, -0.15) is 0 Å². The van der Waals surface area contributed by atoms with E-state index in [1.807, 2.05) is 29.5 Å². The fourth-order valence-electron chi connectivity index (χ4n) is 2.78. The van der Waals surface area contributed by atoms with Gasteiger partial charge in [-0.25, -0.2) is 4.98 Å². The minimum Gasteiger partial charge on any atom is -0.454 e. The summed E-state index contributed by atoms with van der Waals surface area (Å²) in [4.78, 5) is 6.17. The van der Waals surface area contributed by atoms with Gasteiger partial charge in [0.05, 0.1) is 10.7 Å². The highest BCUT2D eigenvalue weighted by molar-refractivity contribution is 7.11. The van der Waals surface area contributed by atoms with E-state index in [0.717, 1.165) is 34.9 Å². The number of aromatic nitrogens is 1. The molecule has 1 aliphatic heterocycles. The Morgan fingerprint density at radius 3 is 3.05 bits per heavy atom. The van der Waals surface area contributed by atoms with Crippen LogP contribution in [-0.2, 0) is 19.3 Å². The van der Waals surface area contributed by atoms with Crippen LogP contribution in [0.15, 0.2) is 18.2 Å². The summed E-state index contributed by atoms with van der Waals surface area (Å²) in [5.41, 5.74) is 8.68. The fourth-order valence-corrected chi connectivity index (χ4v) is 4.00. The van der Waals surface area contributed by atoms with E-state index in [1.165, 1.54) is 23.4 Å². The topological polar surface area (TPSA) is 57.4 Å². The molecule has 1 unspecified atom stereocenters. The monoisotopic (exact) mass is 288 g/mol. The summed E-state index contributed by atoms with van der Waals surface area (Å²) in [6.45, 7) is 0.299. The van der Waals surface area contributed by atoms with Gasteiger partial charge >= 0.3 is 0 Å². The summed E-state index contributed by atoms with van der Waals surface area (Å²) in [7, 11) is 0. The molecule has 0 saturated heterocycles. The molecule has 0 radical (unpaired) electrons. The van der Waals surface area contributed by atoms with Crippen molar-refractivity contribution >= 4 is 11.3 Å². The van der Waals surface area contributed by atoms with Gasteiger partial charge in [-0.05, 0) is 37.0 Å². The molecular formula is C15H16N2O2S. The van der Waals surface area contributed by atoms with Crippen LogP contribution in [0.4, 0.5) is 0 Å². The minimum atomic E-state index is -0.0456. The molecule has 0 spiro atoms. The molecule has 2 aromatic rings. The maximum atomic E-state index is 6.31. The van der Waals surface area contributed by atoms with E-state index >= 15 is 0 Å². The van der Waals surface area contributed by atoms with Crippen molar-refractivity contribution < 1.29 is 9.47 Å². The number of ether oxygens (including phenoxy) is 2. The Morgan fingerprint density at radius 1 is 1.25 bits per heavy atom. The summed E-state index contributed by atoms with van der Waals surface area (Å²) in [5, 5.41) is 1.15. The van der Waals surface area contributed by atoms with Crippen molar-refractivity contribution in [2.45, 2.75) is 31.7 Å². The van der Waals surface area contributed by atoms with E-state index in [-0.39, 0.29) is 6.04 Å². The summed E-state index contributed by atoms with van der Waals surface area (Å²) in [6, 6.07) is 5.88. The van der Waals surface area contributed by atoms with Gasteiger partial charge in [0.2, 0.25) is 6.79 Å². The van der Waals surface area contributed by atoms with Crippen LogP contribution in [0.1, 0.15) is 33.6 Å². The van der Waals surface area contributed by atoms with Crippen LogP contribution in [0.2, 0.25) is 0 Å². The molecule has 1 atom stereocenters. The Morgan fingerprint density at radius 2 is 2.15 bits per heavy atom. The number of nitrogens with zero attached hydrogens (tertiary/aromatic N) is 1. The van der Waals surface area contributed by atoms with Crippen LogP contribution in [0.25, 0.3) is 0 Å². The lowest BCUT2D eigenvalue weighted by Gasteiger charge is -2.11. The van der Waals surface area contributed by atoms with Gasteiger partial charge in [-0.3, -0.25) is 0 Å². The van der Waals surface area contributed by atoms with Crippen LogP contribution >= 0.6 is 11.3 Å². The molecule has 2 N–H and O–H groups in total. The third kappa shape index (κ3) is 2.07. The molecule has 20 heavy (non-hydrogen) atoms. The average Bonchev–Trinajstić information content (AvgIpc) is 3.11. The standard InChI is InChI=1S/C15H16N2O2S/c16-10(7-15-17-11-2-1-3-14(11)20-15)9-4-5-12-13(6-9)19-8-18-12/h4-6,10H,1-3,7-8,16H2. The number of rotatable bonds is 3. The van der Waals surface area contributed by atoms with Crippen molar-refractivity contribution in [2.75, 3.05) is 6.79 Å². The number of thiazole rings is 1. The van der Waals surface area contributed by atoms with E-state index in [2.05, 4.69) is 0 Å². The van der Waals surface area contributed by atoms with Crippen molar-refractivity contribution in [1.29, 1.82) is 0 Å². The summed E-state index contributed by atoms with van der Waals surface area (Å²) < 4.78 is 10.7. The minimum absolute atomic E-state index is 0.0456. The lowest BCUT2D eigenvalue weighted by molar-refractivity contribution is 0.174. The molecule has 0 fully saturated rings. The van der Waals surface area contributed by atoms with E-state index in [0.29, 0.717) is 6.79 Å². The van der Waals surface area contributed by atoms with Crippen molar-refractivity contribution in [3.8, 4) is 11.5 Å². The Hall–Kier alpha value is -1.59. The molecule has 1 aromatic carbocycles. The first-order valence-electron chi connectivity index (χ1n) is 6.92.